The van der Waals surface area contributed by atoms with Gasteiger partial charge in [-0.15, -0.1) is 0 Å². The van der Waals surface area contributed by atoms with E-state index in [2.05, 4.69) is 5.16 Å². The normalized spacial score (nSPS) is 46.1. The summed E-state index contributed by atoms with van der Waals surface area (Å²) >= 11 is 0. The van der Waals surface area contributed by atoms with Crippen LogP contribution in [0.15, 0.2) is 5.16 Å². The van der Waals surface area contributed by atoms with Crippen molar-refractivity contribution in [3.05, 3.63) is 0 Å². The highest BCUT2D eigenvalue weighted by Gasteiger charge is 2.46. The highest BCUT2D eigenvalue weighted by molar-refractivity contribution is 5.88. The lowest BCUT2D eigenvalue weighted by Crippen LogP contribution is -2.55. The fraction of sp³-hybridized carbons (Fsp3) is 0.905. The predicted octanol–water partition coefficient (Wildman–Crippen LogP) is 2.73. The number of hydrogen-bond acceptors (Lipinski definition) is 7. The maximum Gasteiger partial charge on any atom is 0.309 e. The fourth-order valence-corrected chi connectivity index (χ4v) is 4.75. The molecule has 0 amide bonds. The number of carbonyl (C=O) groups excluding carboxylic acids is 1. The number of esters is 1. The van der Waals surface area contributed by atoms with Gasteiger partial charge in [-0.25, -0.2) is 0 Å². The van der Waals surface area contributed by atoms with E-state index in [4.69, 9.17) is 4.74 Å². The Bertz CT molecular complexity index is 559. The second-order valence-electron chi connectivity index (χ2n) is 9.37. The van der Waals surface area contributed by atoms with E-state index in [0.29, 0.717) is 31.4 Å². The van der Waals surface area contributed by atoms with Crippen LogP contribution in [0.2, 0.25) is 0 Å². The zero-order valence-corrected chi connectivity index (χ0v) is 18.3. The minimum atomic E-state index is -1.72. The van der Waals surface area contributed by atoms with Crippen LogP contribution in [0.3, 0.4) is 0 Å². The van der Waals surface area contributed by atoms with Crippen LogP contribution < -0.4 is 0 Å². The topological polar surface area (TPSA) is 120 Å². The van der Waals surface area contributed by atoms with Gasteiger partial charge in [0.15, 0.2) is 0 Å². The summed E-state index contributed by atoms with van der Waals surface area (Å²) in [7, 11) is 0. The molecule has 7 heteroatoms. The third-order valence-corrected chi connectivity index (χ3v) is 6.13. The molecular weight excluding hydrogens is 362 g/mol. The summed E-state index contributed by atoms with van der Waals surface area (Å²) in [6.07, 6.45) is -0.509. The lowest BCUT2D eigenvalue weighted by atomic mass is 9.75. The van der Waals surface area contributed by atoms with Crippen molar-refractivity contribution in [3.63, 3.8) is 0 Å². The quantitative estimate of drug-likeness (QED) is 0.305. The standard InChI is InChI=1S/C21H39NO6/c1-8-16-21(7,26)18(23)15(5)17(22-27)14(4)11-20(6,25)10-12(2)9-13(3)19(24)28-16/h12-16,18,23,25-27H,8-11H2,1-7H3/b22-17+/t12-,13+,14+,15-,16+,18+,20-,21+/m0/s1. The van der Waals surface area contributed by atoms with Gasteiger partial charge < -0.3 is 25.3 Å². The Labute approximate surface area is 168 Å². The minimum Gasteiger partial charge on any atom is -0.459 e. The minimum absolute atomic E-state index is 0.0748. The Morgan fingerprint density at radius 1 is 1.11 bits per heavy atom. The Morgan fingerprint density at radius 3 is 2.18 bits per heavy atom. The predicted molar refractivity (Wildman–Crippen MR) is 107 cm³/mol. The van der Waals surface area contributed by atoms with Gasteiger partial charge in [-0.2, -0.15) is 0 Å². The molecule has 0 aliphatic carbocycles. The third kappa shape index (κ3) is 5.91. The van der Waals surface area contributed by atoms with Gasteiger partial charge in [0.1, 0.15) is 11.7 Å². The highest BCUT2D eigenvalue weighted by Crippen LogP contribution is 2.34. The summed E-state index contributed by atoms with van der Waals surface area (Å²) in [5, 5.41) is 45.7. The number of aliphatic hydroxyl groups excluding tert-OH is 1. The average molecular weight is 402 g/mol. The van der Waals surface area contributed by atoms with Crippen molar-refractivity contribution in [2.45, 2.75) is 97.6 Å². The van der Waals surface area contributed by atoms with Gasteiger partial charge in [-0.1, -0.05) is 39.8 Å². The van der Waals surface area contributed by atoms with Crippen molar-refractivity contribution in [2.75, 3.05) is 0 Å². The van der Waals surface area contributed by atoms with E-state index in [1.807, 2.05) is 13.8 Å². The molecule has 0 radical (unpaired) electrons. The van der Waals surface area contributed by atoms with E-state index < -0.39 is 35.3 Å². The van der Waals surface area contributed by atoms with Gasteiger partial charge in [0, 0.05) is 11.8 Å². The molecule has 28 heavy (non-hydrogen) atoms. The molecule has 7 nitrogen and oxygen atoms in total. The molecule has 8 atom stereocenters. The maximum atomic E-state index is 12.6. The molecule has 0 unspecified atom stereocenters. The number of aliphatic hydroxyl groups is 3. The molecule has 0 aromatic carbocycles. The molecule has 1 fully saturated rings. The second-order valence-corrected chi connectivity index (χ2v) is 9.37. The van der Waals surface area contributed by atoms with Gasteiger partial charge in [0.2, 0.25) is 0 Å². The van der Waals surface area contributed by atoms with Crippen LogP contribution in [0.25, 0.3) is 0 Å². The summed E-state index contributed by atoms with van der Waals surface area (Å²) in [6.45, 7) is 12.2. The number of carbonyl (C=O) groups is 1. The third-order valence-electron chi connectivity index (χ3n) is 6.13. The second kappa shape index (κ2) is 9.55. The molecule has 1 aliphatic heterocycles. The van der Waals surface area contributed by atoms with Crippen LogP contribution in [-0.4, -0.2) is 55.6 Å². The number of rotatable bonds is 1. The largest absolute Gasteiger partial charge is 0.459 e. The van der Waals surface area contributed by atoms with Crippen molar-refractivity contribution in [1.29, 1.82) is 0 Å². The first-order valence-corrected chi connectivity index (χ1v) is 10.3. The van der Waals surface area contributed by atoms with Gasteiger partial charge >= 0.3 is 5.97 Å². The zero-order chi connectivity index (χ0) is 21.9. The molecule has 164 valence electrons. The maximum absolute atomic E-state index is 12.6. The Kier molecular flexibility index (Phi) is 8.47. The Balaban J connectivity index is 3.34. The van der Waals surface area contributed by atoms with Crippen LogP contribution >= 0.6 is 0 Å². The molecule has 0 aromatic rings. The first-order chi connectivity index (χ1) is 12.8. The number of ether oxygens (including phenoxy) is 1. The molecule has 0 aromatic heterocycles. The van der Waals surface area contributed by atoms with Crippen molar-refractivity contribution < 1.29 is 30.1 Å². The lowest BCUT2D eigenvalue weighted by molar-refractivity contribution is -0.186. The van der Waals surface area contributed by atoms with E-state index in [9.17, 15) is 25.3 Å². The van der Waals surface area contributed by atoms with E-state index >= 15 is 0 Å². The molecule has 1 aliphatic rings. The van der Waals surface area contributed by atoms with Crippen LogP contribution in [0.1, 0.15) is 74.1 Å². The number of hydrogen-bond donors (Lipinski definition) is 4. The fourth-order valence-electron chi connectivity index (χ4n) is 4.75. The van der Waals surface area contributed by atoms with E-state index in [1.54, 1.807) is 27.7 Å². The molecule has 0 saturated carbocycles. The average Bonchev–Trinajstić information content (AvgIpc) is 2.56. The van der Waals surface area contributed by atoms with Crippen molar-refractivity contribution in [1.82, 2.24) is 0 Å². The molecule has 0 spiro atoms. The first kappa shape index (κ1) is 24.9. The zero-order valence-electron chi connectivity index (χ0n) is 18.3. The van der Waals surface area contributed by atoms with Crippen molar-refractivity contribution >= 4 is 11.7 Å². The van der Waals surface area contributed by atoms with E-state index in [-0.39, 0.29) is 17.8 Å². The van der Waals surface area contributed by atoms with Gasteiger partial charge in [-0.05, 0) is 45.4 Å². The lowest BCUT2D eigenvalue weighted by Gasteiger charge is -2.40. The van der Waals surface area contributed by atoms with Gasteiger partial charge in [0.05, 0.1) is 23.3 Å². The molecule has 0 bridgehead atoms. The molecule has 1 heterocycles. The van der Waals surface area contributed by atoms with Crippen molar-refractivity contribution in [2.24, 2.45) is 28.8 Å². The Morgan fingerprint density at radius 2 is 1.68 bits per heavy atom. The van der Waals surface area contributed by atoms with Gasteiger partial charge in [0.25, 0.3) is 0 Å². The highest BCUT2D eigenvalue weighted by atomic mass is 16.6. The van der Waals surface area contributed by atoms with E-state index in [0.717, 1.165) is 0 Å². The van der Waals surface area contributed by atoms with Crippen LogP contribution in [0.5, 0.6) is 0 Å². The molecule has 4 N–H and O–H groups in total. The summed E-state index contributed by atoms with van der Waals surface area (Å²) in [4.78, 5) is 12.6. The number of oxime groups is 1. The van der Waals surface area contributed by atoms with Crippen molar-refractivity contribution in [3.8, 4) is 0 Å². The van der Waals surface area contributed by atoms with Crippen LogP contribution in [-0.2, 0) is 9.53 Å². The molecular formula is C21H39NO6. The van der Waals surface area contributed by atoms with Gasteiger partial charge in [-0.3, -0.25) is 4.79 Å². The van der Waals surface area contributed by atoms with Crippen LogP contribution in [0.4, 0.5) is 0 Å². The molecule has 1 saturated heterocycles. The number of cyclic esters (lactones) is 1. The summed E-state index contributed by atoms with van der Waals surface area (Å²) in [5.74, 6) is -1.75. The Hall–Kier alpha value is -1.18. The summed E-state index contributed by atoms with van der Waals surface area (Å²) < 4.78 is 5.57. The monoisotopic (exact) mass is 401 g/mol. The molecule has 1 rings (SSSR count). The first-order valence-electron chi connectivity index (χ1n) is 10.3. The van der Waals surface area contributed by atoms with E-state index in [1.165, 1.54) is 6.92 Å². The summed E-state index contributed by atoms with van der Waals surface area (Å²) in [5.41, 5.74) is -2.45. The van der Waals surface area contributed by atoms with Crippen LogP contribution in [0, 0.1) is 23.7 Å². The smallest absolute Gasteiger partial charge is 0.309 e. The summed E-state index contributed by atoms with van der Waals surface area (Å²) in [6, 6.07) is 0. The SMILES string of the molecule is CC[C@H]1OC(=O)[C@H](C)C[C@H](C)C[C@](C)(O)C[C@@H](C)/C(=N\O)[C@H](C)[C@@H](O)[C@]1(C)O. The number of nitrogens with zero attached hydrogens (tertiary/aromatic N) is 1.